The predicted octanol–water partition coefficient (Wildman–Crippen LogP) is 15.2. The lowest BCUT2D eigenvalue weighted by atomic mass is 9.90. The van der Waals surface area contributed by atoms with Crippen molar-refractivity contribution in [1.29, 1.82) is 0 Å². The quantitative estimate of drug-likeness (QED) is 0.0298. The fourth-order valence-electron chi connectivity index (χ4n) is 15.8. The number of amides is 2. The Morgan fingerprint density at radius 3 is 1.12 bits per heavy atom. The topological polar surface area (TPSA) is 507 Å². The summed E-state index contributed by atoms with van der Waals surface area (Å²) in [4.78, 5) is 83.4. The van der Waals surface area contributed by atoms with Gasteiger partial charge >= 0.3 is 12.2 Å². The molecule has 0 saturated carbocycles. The molecule has 0 spiro atoms. The first-order chi connectivity index (χ1) is 65.2. The zero-order valence-electron chi connectivity index (χ0n) is 78.7. The minimum atomic E-state index is -0.552. The van der Waals surface area contributed by atoms with Crippen LogP contribution in [0.1, 0.15) is 137 Å². The molecule has 4 saturated heterocycles. The smallest absolute Gasteiger partial charge is 0.408 e. The van der Waals surface area contributed by atoms with Crippen molar-refractivity contribution < 1.29 is 33.3 Å². The standard InChI is InChI=1S/C29H34Cl2N8O3.C24H28ClN9O.C24H33N7O3.C16H20ClN9/c1-28(2,3)42-27(40)36-29(4)11-14-38(15-12-29)21-16-33-23-25(34-20-10-13-32-24(31)22(20)30)37-39(26(23)35-21)17-18-6-8-19(41-5)9-7-18;1-24(27)8-11-33(12-9-24)18-13-29-20-22(30-17-7-10-28-21(26)19(17)25)32-34(23(20)31-18)14-15-3-5-16(35-2)6-4-15;1-23(2,3)34-22(32)28-24(4)10-12-30(13-11-24)18-14-26-19-20(25)29-31(21(19)27-18)15-16-6-8-17(33-5)9-7-16;1-16(19)3-6-26(7-4-16)10-8-21-12-14(24-25-15(12)23-10)22-9-2-5-20-13(18)11(9)17/h6-10,13,16H,11-12,14-15,17H2,1-5H3,(H,36,40)(H,32,34,37);3-7,10,13H,8-9,11-12,14,27H2,1-2H3,(H3,26,28,30,32);6-9,14H,10-13,15H2,1-5H3,(H2,25,29)(H,28,32);2,5,8H,3-4,6-7,19H2,1H3,(H4,18,20,22,23,24,25). The molecule has 137 heavy (non-hydrogen) atoms. The van der Waals surface area contributed by atoms with Crippen molar-refractivity contribution in [3.05, 3.63) is 171 Å². The van der Waals surface area contributed by atoms with Crippen LogP contribution in [-0.2, 0) is 29.1 Å². The number of H-pyrrole nitrogens is 1. The van der Waals surface area contributed by atoms with E-state index < -0.39 is 17.3 Å². The lowest BCUT2D eigenvalue weighted by molar-refractivity contribution is 0.0435. The molecular weight excluding hydrogens is 1830 g/mol. The number of carbonyl (C=O) groups excluding carboxylic acids is 2. The van der Waals surface area contributed by atoms with Gasteiger partial charge in [-0.1, -0.05) is 82.8 Å². The molecule has 11 aromatic heterocycles. The SMILES string of the molecule is CC1(N)CCN(c2cnc3c(Nc4ccnc(N)c4Cl)[nH]nc3n2)CC1.COc1ccc(Cn2nc(N)c3ncc(N4CCC(C)(NC(=O)OC(C)(C)C)CC4)nc32)cc1.COc1ccc(Cn2nc(Nc3ccnc(Cl)c3Cl)c3ncc(N4CCC(C)(NC(=O)OC(C)(C)C)CC4)nc32)cc1.COc1ccc(Cn2nc(Nc3ccnc(N)c3Cl)c3ncc(N4CCC(C)(N)CC4)nc32)cc1. The summed E-state index contributed by atoms with van der Waals surface area (Å²) >= 11 is 25.1. The van der Waals surface area contributed by atoms with Gasteiger partial charge in [-0.2, -0.15) is 20.4 Å². The van der Waals surface area contributed by atoms with E-state index >= 15 is 0 Å². The zero-order chi connectivity index (χ0) is 97.5. The van der Waals surface area contributed by atoms with E-state index in [-0.39, 0.29) is 50.1 Å². The summed E-state index contributed by atoms with van der Waals surface area (Å²) in [5.74, 6) is 7.96. The molecule has 0 bridgehead atoms. The average Bonchev–Trinajstić information content (AvgIpc) is 1.64. The lowest BCUT2D eigenvalue weighted by Crippen LogP contribution is -2.54. The highest BCUT2D eigenvalue weighted by Gasteiger charge is 2.38. The van der Waals surface area contributed by atoms with Crippen molar-refractivity contribution in [3.8, 4) is 17.2 Å². The van der Waals surface area contributed by atoms with Crippen molar-refractivity contribution in [2.24, 2.45) is 11.5 Å². The number of rotatable bonds is 21. The molecular formula is C93H115Cl4N33O7. The van der Waals surface area contributed by atoms with E-state index in [0.29, 0.717) is 128 Å². The van der Waals surface area contributed by atoms with Crippen LogP contribution >= 0.6 is 46.4 Å². The van der Waals surface area contributed by atoms with Crippen LogP contribution in [0.5, 0.6) is 17.2 Å². The summed E-state index contributed by atoms with van der Waals surface area (Å²) in [7, 11) is 4.93. The van der Waals surface area contributed by atoms with Gasteiger partial charge in [0, 0.05) is 93.1 Å². The summed E-state index contributed by atoms with van der Waals surface area (Å²) in [6.45, 7) is 27.1. The fraction of sp³-hybridized carbons (Fsp3) is 0.409. The number of pyridine rings is 3. The normalized spacial score (nSPS) is 15.6. The third-order valence-electron chi connectivity index (χ3n) is 23.9. The molecule has 722 valence electrons. The number of carbonyl (C=O) groups is 2. The highest BCUT2D eigenvalue weighted by Crippen LogP contribution is 2.39. The van der Waals surface area contributed by atoms with E-state index in [9.17, 15) is 9.59 Å². The number of nitrogens with two attached hydrogens (primary N) is 5. The maximum atomic E-state index is 12.4. The van der Waals surface area contributed by atoms with Gasteiger partial charge < -0.3 is 98.5 Å². The highest BCUT2D eigenvalue weighted by molar-refractivity contribution is 6.43. The van der Waals surface area contributed by atoms with Gasteiger partial charge in [0.05, 0.1) is 82.8 Å². The summed E-state index contributed by atoms with van der Waals surface area (Å²) in [5.41, 5.74) is 38.0. The first-order valence-corrected chi connectivity index (χ1v) is 46.3. The number of ether oxygens (including phenoxy) is 5. The van der Waals surface area contributed by atoms with Crippen LogP contribution < -0.4 is 89.1 Å². The van der Waals surface area contributed by atoms with E-state index in [0.717, 1.165) is 148 Å². The number of nitrogens with one attached hydrogen (secondary N) is 6. The number of aromatic amines is 1. The lowest BCUT2D eigenvalue weighted by Gasteiger charge is -2.40. The van der Waals surface area contributed by atoms with Crippen LogP contribution in [0.4, 0.5) is 84.8 Å². The molecule has 0 unspecified atom stereocenters. The Balaban J connectivity index is 0.000000140. The number of halogens is 4. The van der Waals surface area contributed by atoms with Crippen molar-refractivity contribution in [1.82, 2.24) is 105 Å². The molecule has 0 aliphatic carbocycles. The van der Waals surface area contributed by atoms with Crippen LogP contribution in [0.2, 0.25) is 20.2 Å². The van der Waals surface area contributed by atoms with Crippen LogP contribution in [0.3, 0.4) is 0 Å². The van der Waals surface area contributed by atoms with Crippen molar-refractivity contribution in [2.45, 2.75) is 174 Å². The Labute approximate surface area is 811 Å². The third-order valence-corrected chi connectivity index (χ3v) is 25.5. The summed E-state index contributed by atoms with van der Waals surface area (Å²) in [6.07, 6.45) is 17.6. The monoisotopic (exact) mass is 1950 g/mol. The number of nitrogen functional groups attached to an aromatic ring is 3. The summed E-state index contributed by atoms with van der Waals surface area (Å²) in [6, 6.07) is 28.6. The van der Waals surface area contributed by atoms with Gasteiger partial charge in [-0.05, 0) is 192 Å². The van der Waals surface area contributed by atoms with Gasteiger partial charge in [-0.25, -0.2) is 78.5 Å². The Morgan fingerprint density at radius 2 is 0.737 bits per heavy atom. The van der Waals surface area contributed by atoms with E-state index in [1.165, 1.54) is 0 Å². The Kier molecular flexibility index (Phi) is 29.4. The molecule has 44 heteroatoms. The van der Waals surface area contributed by atoms with Gasteiger partial charge in [-0.15, -0.1) is 0 Å². The van der Waals surface area contributed by atoms with Gasteiger partial charge in [0.25, 0.3) is 0 Å². The second-order valence-electron chi connectivity index (χ2n) is 37.4. The minimum absolute atomic E-state index is 0.108. The largest absolute Gasteiger partial charge is 0.497 e. The molecule has 4 aliphatic rings. The first kappa shape index (κ1) is 97.9. The zero-order valence-corrected chi connectivity index (χ0v) is 81.8. The van der Waals surface area contributed by atoms with Crippen LogP contribution in [0.25, 0.3) is 44.7 Å². The minimum Gasteiger partial charge on any atom is -0.497 e. The number of aromatic nitrogens is 19. The maximum absolute atomic E-state index is 12.4. The second-order valence-corrected chi connectivity index (χ2v) is 38.9. The number of alkyl carbamates (subject to hydrolysis) is 2. The van der Waals surface area contributed by atoms with Gasteiger partial charge in [-0.3, -0.25) is 5.10 Å². The second kappa shape index (κ2) is 41.1. The Hall–Kier alpha value is -13.7. The van der Waals surface area contributed by atoms with Crippen molar-refractivity contribution in [2.75, 3.05) is 126 Å². The summed E-state index contributed by atoms with van der Waals surface area (Å²) < 4.78 is 32.1. The number of hydrogen-bond donors (Lipinski definition) is 11. The molecule has 0 atom stereocenters. The average molecular weight is 1950 g/mol. The van der Waals surface area contributed by atoms with Crippen molar-refractivity contribution >= 4 is 178 Å². The van der Waals surface area contributed by atoms with Gasteiger partial charge in [0.1, 0.15) is 83.6 Å². The van der Waals surface area contributed by atoms with Crippen LogP contribution in [0.15, 0.2) is 134 Å². The van der Waals surface area contributed by atoms with Crippen LogP contribution in [0, 0.1) is 0 Å². The van der Waals surface area contributed by atoms with Crippen LogP contribution in [-0.4, -0.2) is 214 Å². The Morgan fingerprint density at radius 1 is 0.409 bits per heavy atom. The predicted molar refractivity (Wildman–Crippen MR) is 536 cm³/mol. The molecule has 3 aromatic carbocycles. The number of benzene rings is 3. The number of fused-ring (bicyclic) bond motifs is 4. The molecule has 0 radical (unpaired) electrons. The molecule has 4 fully saturated rings. The van der Waals surface area contributed by atoms with E-state index in [2.05, 4.69) is 105 Å². The molecule has 40 nitrogen and oxygen atoms in total. The van der Waals surface area contributed by atoms with Crippen molar-refractivity contribution in [3.63, 3.8) is 0 Å². The molecule has 15 heterocycles. The molecule has 14 aromatic rings. The first-order valence-electron chi connectivity index (χ1n) is 44.8. The number of methoxy groups -OCH3 is 3. The number of hydrogen-bond acceptors (Lipinski definition) is 34. The number of piperidine rings is 4. The van der Waals surface area contributed by atoms with E-state index in [1.807, 2.05) is 138 Å². The van der Waals surface area contributed by atoms with Gasteiger partial charge in [0.2, 0.25) is 5.65 Å². The van der Waals surface area contributed by atoms with Gasteiger partial charge in [0.15, 0.2) is 62.3 Å². The Bertz CT molecular complexity index is 6590. The maximum Gasteiger partial charge on any atom is 0.408 e. The molecule has 2 amide bonds. The molecule has 18 rings (SSSR count). The number of nitrogens with zero attached hydrogens (tertiary/aromatic N) is 22. The molecule has 16 N–H and O–H groups in total. The third kappa shape index (κ3) is 24.4. The highest BCUT2D eigenvalue weighted by atomic mass is 35.5. The summed E-state index contributed by atoms with van der Waals surface area (Å²) in [5, 5.41) is 38.1. The molecule has 4 aliphatic heterocycles. The van der Waals surface area contributed by atoms with E-state index in [1.54, 1.807) is 87.6 Å². The fourth-order valence-corrected chi connectivity index (χ4v) is 16.5. The number of anilines is 13. The van der Waals surface area contributed by atoms with E-state index in [4.69, 9.17) is 134 Å².